The summed E-state index contributed by atoms with van der Waals surface area (Å²) < 4.78 is 11.5. The molecule has 4 saturated carbocycles. The largest absolute Gasteiger partial charge is 0.469 e. The van der Waals surface area contributed by atoms with Crippen LogP contribution in [0.1, 0.15) is 51.9 Å². The van der Waals surface area contributed by atoms with Gasteiger partial charge in [-0.05, 0) is 63.2 Å². The number of carbonyl (C=O) groups excluding carboxylic acids is 2. The minimum atomic E-state index is -0.525. The summed E-state index contributed by atoms with van der Waals surface area (Å²) in [6, 6.07) is 0. The van der Waals surface area contributed by atoms with E-state index in [0.29, 0.717) is 11.8 Å². The van der Waals surface area contributed by atoms with Crippen LogP contribution in [0, 0.1) is 34.5 Å². The topological polar surface area (TPSA) is 52.6 Å². The number of hydrogen-bond acceptors (Lipinski definition) is 4. The lowest BCUT2D eigenvalue weighted by Gasteiger charge is -2.43. The second kappa shape index (κ2) is 4.25. The van der Waals surface area contributed by atoms with Crippen molar-refractivity contribution in [3.63, 3.8) is 0 Å². The highest BCUT2D eigenvalue weighted by Crippen LogP contribution is 2.77. The predicted molar refractivity (Wildman–Crippen MR) is 86.8 cm³/mol. The van der Waals surface area contributed by atoms with Crippen molar-refractivity contribution in [1.82, 2.24) is 0 Å². The van der Waals surface area contributed by atoms with E-state index >= 15 is 0 Å². The molecule has 1 saturated heterocycles. The molecule has 1 spiro atoms. The highest BCUT2D eigenvalue weighted by Gasteiger charge is 2.81. The molecule has 0 N–H and O–H groups in total. The van der Waals surface area contributed by atoms with Crippen LogP contribution >= 0.6 is 0 Å². The van der Waals surface area contributed by atoms with Gasteiger partial charge < -0.3 is 9.47 Å². The third-order valence-electron chi connectivity index (χ3n) is 8.48. The van der Waals surface area contributed by atoms with Gasteiger partial charge in [-0.2, -0.15) is 0 Å². The molecule has 5 fully saturated rings. The average Bonchev–Trinajstić information content (AvgIpc) is 2.99. The molecular formula is C20H26O4. The van der Waals surface area contributed by atoms with E-state index in [-0.39, 0.29) is 29.2 Å². The fourth-order valence-corrected chi connectivity index (χ4v) is 7.81. The van der Waals surface area contributed by atoms with Crippen LogP contribution in [0.15, 0.2) is 12.2 Å². The van der Waals surface area contributed by atoms with Crippen LogP contribution in [0.3, 0.4) is 0 Å². The summed E-state index contributed by atoms with van der Waals surface area (Å²) in [5.74, 6) is 0.383. The van der Waals surface area contributed by atoms with Crippen LogP contribution in [0.25, 0.3) is 0 Å². The van der Waals surface area contributed by atoms with Crippen LogP contribution in [0.4, 0.5) is 0 Å². The van der Waals surface area contributed by atoms with Gasteiger partial charge in [0, 0.05) is 11.8 Å². The Kier molecular flexibility index (Phi) is 2.66. The number of fused-ring (bicyclic) bond motifs is 1. The minimum absolute atomic E-state index is 0.0200. The van der Waals surface area contributed by atoms with Gasteiger partial charge in [-0.15, -0.1) is 0 Å². The molecule has 0 aromatic heterocycles. The van der Waals surface area contributed by atoms with Crippen molar-refractivity contribution in [3.05, 3.63) is 12.2 Å². The average molecular weight is 338 g/mol. The highest BCUT2D eigenvalue weighted by molar-refractivity contribution is 5.85. The molecule has 0 amide bonds. The van der Waals surface area contributed by atoms with Crippen molar-refractivity contribution in [2.75, 3.05) is 7.11 Å². The quantitative estimate of drug-likeness (QED) is 0.544. The lowest BCUT2D eigenvalue weighted by atomic mass is 9.70. The van der Waals surface area contributed by atoms with E-state index in [9.17, 15) is 9.59 Å². The smallest absolute Gasteiger partial charge is 0.312 e. The third kappa shape index (κ3) is 1.36. The number of methoxy groups -OCH3 is 1. The number of hydrogen-bond donors (Lipinski definition) is 0. The van der Waals surface area contributed by atoms with E-state index < -0.39 is 11.0 Å². The monoisotopic (exact) mass is 338 g/mol. The van der Waals surface area contributed by atoms with Crippen LogP contribution in [0.5, 0.6) is 0 Å². The Bertz CT molecular complexity index is 669. The normalized spacial score (nSPS) is 54.2. The van der Waals surface area contributed by atoms with Crippen LogP contribution in [-0.4, -0.2) is 24.6 Å². The first kappa shape index (κ1) is 15.0. The molecule has 0 aromatic carbocycles. The summed E-state index contributed by atoms with van der Waals surface area (Å²) in [6.45, 7) is 6.36. The Morgan fingerprint density at radius 1 is 1.50 bits per heavy atom. The lowest BCUT2D eigenvalue weighted by molar-refractivity contribution is -0.161. The first-order valence-corrected chi connectivity index (χ1v) is 9.38. The third-order valence-corrected chi connectivity index (χ3v) is 8.48. The Labute approximate surface area is 143 Å². The van der Waals surface area contributed by atoms with Gasteiger partial charge in [0.15, 0.2) is 0 Å². The van der Waals surface area contributed by atoms with E-state index in [1.54, 1.807) is 0 Å². The van der Waals surface area contributed by atoms with Crippen LogP contribution in [0.2, 0.25) is 0 Å². The Balaban J connectivity index is 1.74. The summed E-state index contributed by atoms with van der Waals surface area (Å²) in [5, 5.41) is 0. The summed E-state index contributed by atoms with van der Waals surface area (Å²) in [7, 11) is 1.48. The molecule has 0 aromatic rings. The molecule has 4 heteroatoms. The maximum atomic E-state index is 13.0. The van der Waals surface area contributed by atoms with Gasteiger partial charge in [0.25, 0.3) is 0 Å². The molecule has 5 aliphatic rings. The summed E-state index contributed by atoms with van der Waals surface area (Å²) in [6.07, 6.45) is 6.88. The minimum Gasteiger partial charge on any atom is -0.469 e. The van der Waals surface area contributed by atoms with E-state index in [2.05, 4.69) is 6.58 Å². The van der Waals surface area contributed by atoms with E-state index in [4.69, 9.17) is 9.47 Å². The Morgan fingerprint density at radius 2 is 2.29 bits per heavy atom. The van der Waals surface area contributed by atoms with Gasteiger partial charge in [0.1, 0.15) is 5.60 Å². The van der Waals surface area contributed by atoms with Gasteiger partial charge in [-0.3, -0.25) is 9.59 Å². The van der Waals surface area contributed by atoms with Crippen LogP contribution in [-0.2, 0) is 19.1 Å². The van der Waals surface area contributed by atoms with E-state index in [1.807, 2.05) is 6.92 Å². The number of carbonyl (C=O) groups is 2. The number of esters is 2. The first-order chi connectivity index (χ1) is 11.4. The van der Waals surface area contributed by atoms with Gasteiger partial charge >= 0.3 is 11.9 Å². The number of rotatable bonds is 1. The molecule has 1 aliphatic heterocycles. The summed E-state index contributed by atoms with van der Waals surface area (Å²) >= 11 is 0. The zero-order valence-electron chi connectivity index (χ0n) is 14.6. The molecule has 0 radical (unpaired) electrons. The Hall–Kier alpha value is -1.32. The maximum Gasteiger partial charge on any atom is 0.312 e. The van der Waals surface area contributed by atoms with Crippen molar-refractivity contribution in [2.45, 2.75) is 57.5 Å². The zero-order chi connectivity index (χ0) is 16.9. The molecular weight excluding hydrogens is 312 g/mol. The van der Waals surface area contributed by atoms with Crippen molar-refractivity contribution in [3.8, 4) is 0 Å². The fourth-order valence-electron chi connectivity index (χ4n) is 7.81. The zero-order valence-corrected chi connectivity index (χ0v) is 14.6. The van der Waals surface area contributed by atoms with Gasteiger partial charge in [-0.25, -0.2) is 0 Å². The van der Waals surface area contributed by atoms with Gasteiger partial charge in [0.2, 0.25) is 0 Å². The van der Waals surface area contributed by atoms with Crippen LogP contribution < -0.4 is 0 Å². The molecule has 3 unspecified atom stereocenters. The van der Waals surface area contributed by atoms with E-state index in [0.717, 1.165) is 44.9 Å². The van der Waals surface area contributed by atoms with Gasteiger partial charge in [-0.1, -0.05) is 12.2 Å². The summed E-state index contributed by atoms with van der Waals surface area (Å²) in [5.41, 5.74) is 0.249. The molecule has 4 nitrogen and oxygen atoms in total. The van der Waals surface area contributed by atoms with E-state index in [1.165, 1.54) is 12.7 Å². The SMILES string of the molecule is C=C1C[C@]23CC1[14CH2]C[C@H]2[C@]12[14CH2]CCC(C)(C1[C@@H]3[14C](=O)OC)[14C](=O)O2. The molecule has 24 heavy (non-hydrogen) atoms. The maximum absolute atomic E-state index is 13.0. The van der Waals surface area contributed by atoms with Crippen molar-refractivity contribution >= 4 is 11.9 Å². The van der Waals surface area contributed by atoms with Crippen molar-refractivity contribution < 1.29 is 19.1 Å². The highest BCUT2D eigenvalue weighted by atomic mass is 16.8. The van der Waals surface area contributed by atoms with Crippen molar-refractivity contribution in [1.29, 1.82) is 0 Å². The standard InChI is InChI=1S/C20H26O4/c1-11-9-19-10-12(11)5-6-13(19)20-8-4-7-18(2,17(22)24-20)15(20)14(19)16(21)23-3/h12-15H,1,4-10H2,2-3H3/t12?,13-,14-,15?,18?,19+,20-/m1/s1/i5+2,8+2,16+2,17+2. The fraction of sp³-hybridized carbons (Fsp3) is 0.800. The number of allylic oxidation sites excluding steroid dienone is 1. The molecule has 1 heterocycles. The molecule has 7 atom stereocenters. The molecule has 5 rings (SSSR count). The number of ether oxygens (including phenoxy) is 2. The van der Waals surface area contributed by atoms with Crippen molar-refractivity contribution in [2.24, 2.45) is 34.5 Å². The Morgan fingerprint density at radius 3 is 3.04 bits per heavy atom. The molecule has 4 bridgehead atoms. The predicted octanol–water partition coefficient (Wildman–Crippen LogP) is 3.25. The van der Waals surface area contributed by atoms with Gasteiger partial charge in [0.05, 0.1) is 18.4 Å². The second-order valence-electron chi connectivity index (χ2n) is 9.19. The second-order valence-corrected chi connectivity index (χ2v) is 9.19. The lowest BCUT2D eigenvalue weighted by Crippen LogP contribution is -2.47. The molecule has 4 aliphatic carbocycles. The first-order valence-electron chi connectivity index (χ1n) is 9.38. The molecule has 130 valence electrons. The summed E-state index contributed by atoms with van der Waals surface area (Å²) in [4.78, 5) is 25.8.